The summed E-state index contributed by atoms with van der Waals surface area (Å²) in [6.45, 7) is 4.80. The highest BCUT2D eigenvalue weighted by Crippen LogP contribution is 2.39. The van der Waals surface area contributed by atoms with Gasteiger partial charge < -0.3 is 4.90 Å². The molecule has 0 radical (unpaired) electrons. The lowest BCUT2D eigenvalue weighted by Gasteiger charge is -2.35. The van der Waals surface area contributed by atoms with Crippen molar-refractivity contribution in [2.24, 2.45) is 11.8 Å². The summed E-state index contributed by atoms with van der Waals surface area (Å²) in [4.78, 5) is 13.6. The lowest BCUT2D eigenvalue weighted by atomic mass is 9.85. The molecular weight excluding hydrogens is 238 g/mol. The van der Waals surface area contributed by atoms with Gasteiger partial charge in [-0.25, -0.2) is 4.79 Å². The average Bonchev–Trinajstić information content (AvgIpc) is 2.56. The van der Waals surface area contributed by atoms with Crippen LogP contribution in [0.15, 0.2) is 0 Å². The minimum Gasteiger partial charge on any atom is -0.301 e. The molecule has 2 rings (SSSR count). The van der Waals surface area contributed by atoms with E-state index in [2.05, 4.69) is 25.1 Å². The van der Waals surface area contributed by atoms with Crippen molar-refractivity contribution in [1.82, 2.24) is 10.2 Å². The largest absolute Gasteiger partial charge is 0.324 e. The van der Waals surface area contributed by atoms with Crippen molar-refractivity contribution in [3.63, 3.8) is 0 Å². The summed E-state index contributed by atoms with van der Waals surface area (Å²) in [7, 11) is 0. The summed E-state index contributed by atoms with van der Waals surface area (Å²) < 4.78 is 0. The lowest BCUT2D eigenvalue weighted by molar-refractivity contribution is 0.172. The predicted molar refractivity (Wildman–Crippen MR) is 75.9 cm³/mol. The number of terminal acetylenes is 1. The van der Waals surface area contributed by atoms with Crippen LogP contribution in [0.1, 0.15) is 46.0 Å². The van der Waals surface area contributed by atoms with Gasteiger partial charge in [-0.2, -0.15) is 0 Å². The second-order valence-electron chi connectivity index (χ2n) is 6.06. The maximum absolute atomic E-state index is 12.0. The molecule has 0 aromatic heterocycles. The summed E-state index contributed by atoms with van der Waals surface area (Å²) in [6, 6.07) is -0.203. The normalized spacial score (nSPS) is 31.5. The molecule has 1 aliphatic heterocycles. The molecule has 2 N–H and O–H groups in total. The van der Waals surface area contributed by atoms with Crippen LogP contribution in [-0.2, 0) is 0 Å². The Morgan fingerprint density at radius 2 is 2.26 bits per heavy atom. The number of nitrogens with zero attached hydrogens (tertiary/aromatic N) is 1. The number of rotatable bonds is 2. The van der Waals surface area contributed by atoms with E-state index in [4.69, 9.17) is 11.8 Å². The van der Waals surface area contributed by atoms with Crippen molar-refractivity contribution >= 4 is 11.9 Å². The third-order valence-corrected chi connectivity index (χ3v) is 4.75. The highest BCUT2D eigenvalue weighted by Gasteiger charge is 2.50. The standard InChI is InChI=1S/C15H23N3O/c1-4-10-18-14(19)17-13(16)15(18)8-5-6-12(7-9-15)11(2)3/h1,11-12H,5-10H2,2-3H3,(H2,16,17,19). The molecule has 4 heteroatoms. The first kappa shape index (κ1) is 13.9. The van der Waals surface area contributed by atoms with Crippen molar-refractivity contribution in [2.45, 2.75) is 51.5 Å². The molecule has 4 nitrogen and oxygen atoms in total. The summed E-state index contributed by atoms with van der Waals surface area (Å²) in [5.41, 5.74) is -0.465. The molecule has 1 spiro atoms. The van der Waals surface area contributed by atoms with E-state index < -0.39 is 5.54 Å². The van der Waals surface area contributed by atoms with Gasteiger partial charge in [0.2, 0.25) is 0 Å². The maximum Gasteiger partial charge on any atom is 0.324 e. The number of hydrogen-bond donors (Lipinski definition) is 2. The zero-order valence-corrected chi connectivity index (χ0v) is 11.8. The highest BCUT2D eigenvalue weighted by atomic mass is 16.2. The van der Waals surface area contributed by atoms with Crippen molar-refractivity contribution in [3.8, 4) is 12.3 Å². The molecule has 1 aliphatic carbocycles. The Morgan fingerprint density at radius 3 is 2.89 bits per heavy atom. The van der Waals surface area contributed by atoms with E-state index in [1.807, 2.05) is 0 Å². The molecule has 2 amide bonds. The number of carbonyl (C=O) groups is 1. The summed E-state index contributed by atoms with van der Waals surface area (Å²) >= 11 is 0. The second kappa shape index (κ2) is 5.24. The van der Waals surface area contributed by atoms with Gasteiger partial charge in [0.05, 0.1) is 6.54 Å². The highest BCUT2D eigenvalue weighted by molar-refractivity contribution is 6.08. The molecule has 0 aromatic carbocycles. The first-order valence-corrected chi connectivity index (χ1v) is 7.12. The van der Waals surface area contributed by atoms with Gasteiger partial charge in [-0.05, 0) is 31.1 Å². The van der Waals surface area contributed by atoms with E-state index in [9.17, 15) is 4.79 Å². The van der Waals surface area contributed by atoms with E-state index in [-0.39, 0.29) is 6.03 Å². The first-order valence-electron chi connectivity index (χ1n) is 7.12. The van der Waals surface area contributed by atoms with Crippen LogP contribution in [0.4, 0.5) is 4.79 Å². The number of nitrogens with one attached hydrogen (secondary N) is 2. The van der Waals surface area contributed by atoms with Crippen LogP contribution in [0.2, 0.25) is 0 Å². The fourth-order valence-corrected chi connectivity index (χ4v) is 3.47. The quantitative estimate of drug-likeness (QED) is 0.738. The molecule has 2 fully saturated rings. The molecule has 2 unspecified atom stereocenters. The Labute approximate surface area is 115 Å². The summed E-state index contributed by atoms with van der Waals surface area (Å²) in [6.07, 6.45) is 10.4. The van der Waals surface area contributed by atoms with Gasteiger partial charge in [0, 0.05) is 0 Å². The zero-order valence-electron chi connectivity index (χ0n) is 11.8. The van der Waals surface area contributed by atoms with Crippen LogP contribution in [0.25, 0.3) is 0 Å². The van der Waals surface area contributed by atoms with Crippen molar-refractivity contribution in [2.75, 3.05) is 6.54 Å². The number of amidine groups is 1. The van der Waals surface area contributed by atoms with Crippen LogP contribution in [-0.4, -0.2) is 28.9 Å². The van der Waals surface area contributed by atoms with E-state index in [1.165, 1.54) is 6.42 Å². The first-order chi connectivity index (χ1) is 9.01. The number of amides is 2. The Bertz CT molecular complexity index is 424. The number of carbonyl (C=O) groups excluding carboxylic acids is 1. The van der Waals surface area contributed by atoms with Gasteiger partial charge in [-0.1, -0.05) is 32.6 Å². The Morgan fingerprint density at radius 1 is 1.53 bits per heavy atom. The molecule has 0 aromatic rings. The van der Waals surface area contributed by atoms with E-state index in [0.717, 1.165) is 25.7 Å². The van der Waals surface area contributed by atoms with Crippen LogP contribution >= 0.6 is 0 Å². The lowest BCUT2D eigenvalue weighted by Crippen LogP contribution is -2.49. The van der Waals surface area contributed by atoms with Gasteiger partial charge in [-0.3, -0.25) is 10.7 Å². The zero-order chi connectivity index (χ0) is 14.0. The smallest absolute Gasteiger partial charge is 0.301 e. The monoisotopic (exact) mass is 261 g/mol. The van der Waals surface area contributed by atoms with Gasteiger partial charge in [0.15, 0.2) is 0 Å². The van der Waals surface area contributed by atoms with Crippen molar-refractivity contribution < 1.29 is 4.79 Å². The number of urea groups is 1. The fourth-order valence-electron chi connectivity index (χ4n) is 3.47. The summed E-state index contributed by atoms with van der Waals surface area (Å²) in [5.74, 6) is 4.25. The Balaban J connectivity index is 2.23. The van der Waals surface area contributed by atoms with Gasteiger partial charge >= 0.3 is 6.03 Å². The van der Waals surface area contributed by atoms with Crippen LogP contribution < -0.4 is 5.32 Å². The van der Waals surface area contributed by atoms with Crippen LogP contribution in [0.3, 0.4) is 0 Å². The molecular formula is C15H23N3O. The van der Waals surface area contributed by atoms with Crippen molar-refractivity contribution in [1.29, 1.82) is 5.41 Å². The molecule has 1 heterocycles. The topological polar surface area (TPSA) is 56.2 Å². The fraction of sp³-hybridized carbons (Fsp3) is 0.733. The SMILES string of the molecule is C#CCN1C(=O)NC(=N)C12CCCC(C(C)C)CC2. The third-order valence-electron chi connectivity index (χ3n) is 4.75. The maximum atomic E-state index is 12.0. The molecule has 0 bridgehead atoms. The van der Waals surface area contributed by atoms with Crippen LogP contribution in [0, 0.1) is 29.6 Å². The Kier molecular flexibility index (Phi) is 3.84. The second-order valence-corrected chi connectivity index (χ2v) is 6.06. The average molecular weight is 261 g/mol. The predicted octanol–water partition coefficient (Wildman–Crippen LogP) is 2.60. The van der Waals surface area contributed by atoms with Crippen molar-refractivity contribution in [3.05, 3.63) is 0 Å². The molecule has 2 aliphatic rings. The third kappa shape index (κ3) is 2.34. The molecule has 2 atom stereocenters. The Hall–Kier alpha value is -1.50. The van der Waals surface area contributed by atoms with Gasteiger partial charge in [-0.15, -0.1) is 6.42 Å². The van der Waals surface area contributed by atoms with Crippen LogP contribution in [0.5, 0.6) is 0 Å². The minimum atomic E-state index is -0.465. The summed E-state index contributed by atoms with van der Waals surface area (Å²) in [5, 5.41) is 10.8. The van der Waals surface area contributed by atoms with E-state index in [1.54, 1.807) is 4.90 Å². The number of hydrogen-bond acceptors (Lipinski definition) is 2. The molecule has 1 saturated heterocycles. The molecule has 1 saturated carbocycles. The minimum absolute atomic E-state index is 0.203. The molecule has 104 valence electrons. The molecule has 19 heavy (non-hydrogen) atoms. The van der Waals surface area contributed by atoms with Gasteiger partial charge in [0.25, 0.3) is 0 Å². The van der Waals surface area contributed by atoms with E-state index >= 15 is 0 Å². The van der Waals surface area contributed by atoms with Gasteiger partial charge in [0.1, 0.15) is 11.4 Å². The van der Waals surface area contributed by atoms with E-state index in [0.29, 0.717) is 24.2 Å².